The Bertz CT molecular complexity index is 577. The van der Waals surface area contributed by atoms with Crippen LogP contribution in [0.4, 0.5) is 5.95 Å². The lowest BCUT2D eigenvalue weighted by atomic mass is 9.88. The van der Waals surface area contributed by atoms with E-state index in [1.165, 1.54) is 0 Å². The van der Waals surface area contributed by atoms with Crippen molar-refractivity contribution in [1.29, 1.82) is 0 Å². The van der Waals surface area contributed by atoms with Crippen LogP contribution in [0, 0.1) is 0 Å². The van der Waals surface area contributed by atoms with Gasteiger partial charge in [0.25, 0.3) is 5.91 Å². The van der Waals surface area contributed by atoms with E-state index < -0.39 is 5.54 Å². The van der Waals surface area contributed by atoms with Gasteiger partial charge in [-0.05, 0) is 12.8 Å². The lowest BCUT2D eigenvalue weighted by Crippen LogP contribution is -2.49. The SMILES string of the molecule is CN(C)C1=NC2(CCN(c3ncc(Cl)cn3)CC2)C(=O)N1. The average molecular weight is 309 g/mol. The van der Waals surface area contributed by atoms with Crippen molar-refractivity contribution in [3.63, 3.8) is 0 Å². The van der Waals surface area contributed by atoms with Gasteiger partial charge in [-0.15, -0.1) is 0 Å². The van der Waals surface area contributed by atoms with E-state index in [-0.39, 0.29) is 5.91 Å². The zero-order chi connectivity index (χ0) is 15.0. The van der Waals surface area contributed by atoms with Crippen molar-refractivity contribution in [3.05, 3.63) is 17.4 Å². The van der Waals surface area contributed by atoms with Crippen molar-refractivity contribution in [2.75, 3.05) is 32.1 Å². The van der Waals surface area contributed by atoms with Crippen LogP contribution in [0.25, 0.3) is 0 Å². The number of anilines is 1. The Balaban J connectivity index is 1.73. The number of nitrogens with zero attached hydrogens (tertiary/aromatic N) is 5. The Kier molecular flexibility index (Phi) is 3.44. The van der Waals surface area contributed by atoms with Crippen molar-refractivity contribution >= 4 is 29.4 Å². The van der Waals surface area contributed by atoms with E-state index in [1.807, 2.05) is 19.0 Å². The van der Waals surface area contributed by atoms with Crippen molar-refractivity contribution in [3.8, 4) is 0 Å². The molecule has 112 valence electrons. The highest BCUT2D eigenvalue weighted by atomic mass is 35.5. The maximum atomic E-state index is 12.2. The van der Waals surface area contributed by atoms with Crippen molar-refractivity contribution in [2.24, 2.45) is 4.99 Å². The maximum absolute atomic E-state index is 12.2. The Morgan fingerprint density at radius 2 is 1.90 bits per heavy atom. The molecule has 0 atom stereocenters. The number of carbonyl (C=O) groups is 1. The molecule has 0 bridgehead atoms. The monoisotopic (exact) mass is 308 g/mol. The lowest BCUT2D eigenvalue weighted by Gasteiger charge is -2.35. The quantitative estimate of drug-likeness (QED) is 0.818. The highest BCUT2D eigenvalue weighted by molar-refractivity contribution is 6.30. The van der Waals surface area contributed by atoms with Crippen LogP contribution in [0.5, 0.6) is 0 Å². The summed E-state index contributed by atoms with van der Waals surface area (Å²) in [4.78, 5) is 29.1. The molecule has 2 aliphatic rings. The highest BCUT2D eigenvalue weighted by Gasteiger charge is 2.46. The van der Waals surface area contributed by atoms with Crippen LogP contribution in [0.1, 0.15) is 12.8 Å². The first kappa shape index (κ1) is 14.1. The molecule has 0 aliphatic carbocycles. The first-order chi connectivity index (χ1) is 10.00. The number of hydrogen-bond acceptors (Lipinski definition) is 6. The molecule has 3 rings (SSSR count). The average Bonchev–Trinajstić information content (AvgIpc) is 2.78. The predicted molar refractivity (Wildman–Crippen MR) is 80.5 cm³/mol. The fraction of sp³-hybridized carbons (Fsp3) is 0.538. The molecule has 1 aromatic rings. The van der Waals surface area contributed by atoms with Gasteiger partial charge in [0.1, 0.15) is 5.54 Å². The molecule has 1 spiro atoms. The Labute approximate surface area is 128 Å². The number of rotatable bonds is 1. The summed E-state index contributed by atoms with van der Waals surface area (Å²) in [5, 5.41) is 3.36. The molecule has 1 saturated heterocycles. The molecule has 3 heterocycles. The third-order valence-electron chi connectivity index (χ3n) is 3.87. The normalized spacial score (nSPS) is 20.4. The number of aromatic nitrogens is 2. The van der Waals surface area contributed by atoms with Gasteiger partial charge in [-0.2, -0.15) is 0 Å². The van der Waals surface area contributed by atoms with E-state index in [0.717, 1.165) is 0 Å². The van der Waals surface area contributed by atoms with Gasteiger partial charge in [-0.25, -0.2) is 15.0 Å². The van der Waals surface area contributed by atoms with Gasteiger partial charge < -0.3 is 9.80 Å². The minimum atomic E-state index is -0.636. The molecule has 0 unspecified atom stereocenters. The molecular formula is C13H17ClN6O. The predicted octanol–water partition coefficient (Wildman–Crippen LogP) is 0.516. The van der Waals surface area contributed by atoms with E-state index in [4.69, 9.17) is 11.6 Å². The standard InChI is InChI=1S/C13H17ClN6O/c1-19(2)12-17-10(21)13(18-12)3-5-20(6-4-13)11-15-7-9(14)8-16-11/h7-8H,3-6H2,1-2H3,(H,17,18,21). The molecule has 1 fully saturated rings. The van der Waals surface area contributed by atoms with Gasteiger partial charge >= 0.3 is 0 Å². The van der Waals surface area contributed by atoms with Crippen molar-refractivity contribution in [1.82, 2.24) is 20.2 Å². The minimum Gasteiger partial charge on any atom is -0.349 e. The van der Waals surface area contributed by atoms with Gasteiger partial charge in [-0.3, -0.25) is 10.1 Å². The number of halogens is 1. The van der Waals surface area contributed by atoms with Crippen LogP contribution < -0.4 is 10.2 Å². The summed E-state index contributed by atoms with van der Waals surface area (Å²) < 4.78 is 0. The second-order valence-electron chi connectivity index (χ2n) is 5.50. The zero-order valence-electron chi connectivity index (χ0n) is 12.0. The Morgan fingerprint density at radius 1 is 1.29 bits per heavy atom. The fourth-order valence-electron chi connectivity index (χ4n) is 2.60. The lowest BCUT2D eigenvalue weighted by molar-refractivity contribution is -0.124. The summed E-state index contributed by atoms with van der Waals surface area (Å²) in [6.07, 6.45) is 4.47. The van der Waals surface area contributed by atoms with Gasteiger partial charge in [0, 0.05) is 27.2 Å². The second kappa shape index (κ2) is 5.14. The molecule has 1 amide bonds. The minimum absolute atomic E-state index is 0.0112. The molecule has 8 heteroatoms. The van der Waals surface area contributed by atoms with Crippen molar-refractivity contribution < 1.29 is 4.79 Å². The van der Waals surface area contributed by atoms with Crippen LogP contribution in [0.2, 0.25) is 5.02 Å². The molecular weight excluding hydrogens is 292 g/mol. The molecule has 1 aromatic heterocycles. The number of nitrogens with one attached hydrogen (secondary N) is 1. The van der Waals surface area contributed by atoms with E-state index in [9.17, 15) is 4.79 Å². The van der Waals surface area contributed by atoms with Gasteiger partial charge in [0.05, 0.1) is 17.4 Å². The summed E-state index contributed by atoms with van der Waals surface area (Å²) in [6.45, 7) is 1.39. The second-order valence-corrected chi connectivity index (χ2v) is 5.94. The van der Waals surface area contributed by atoms with Crippen LogP contribution in [0.15, 0.2) is 17.4 Å². The Morgan fingerprint density at radius 3 is 2.43 bits per heavy atom. The molecule has 0 aromatic carbocycles. The number of aliphatic imine (C=N–C) groups is 1. The molecule has 1 N–H and O–H groups in total. The Hall–Kier alpha value is -1.89. The number of amides is 1. The number of hydrogen-bond donors (Lipinski definition) is 1. The van der Waals surface area contributed by atoms with E-state index in [0.29, 0.717) is 42.9 Å². The molecule has 21 heavy (non-hydrogen) atoms. The summed E-state index contributed by atoms with van der Waals surface area (Å²) in [5.74, 6) is 1.27. The number of piperidine rings is 1. The van der Waals surface area contributed by atoms with Crippen LogP contribution in [-0.2, 0) is 4.79 Å². The van der Waals surface area contributed by atoms with Gasteiger partial charge in [-0.1, -0.05) is 11.6 Å². The van der Waals surface area contributed by atoms with Crippen LogP contribution in [0.3, 0.4) is 0 Å². The first-order valence-corrected chi connectivity index (χ1v) is 7.19. The zero-order valence-corrected chi connectivity index (χ0v) is 12.8. The maximum Gasteiger partial charge on any atom is 0.254 e. The van der Waals surface area contributed by atoms with Gasteiger partial charge in [0.15, 0.2) is 0 Å². The summed E-state index contributed by atoms with van der Waals surface area (Å²) in [6, 6.07) is 0. The molecule has 0 radical (unpaired) electrons. The van der Waals surface area contributed by atoms with Gasteiger partial charge in [0.2, 0.25) is 11.9 Å². The molecule has 7 nitrogen and oxygen atoms in total. The van der Waals surface area contributed by atoms with Crippen LogP contribution in [-0.4, -0.2) is 59.5 Å². The summed E-state index contributed by atoms with van der Waals surface area (Å²) in [7, 11) is 3.74. The molecule has 2 aliphatic heterocycles. The topological polar surface area (TPSA) is 73.7 Å². The summed E-state index contributed by atoms with van der Waals surface area (Å²) in [5.41, 5.74) is -0.636. The van der Waals surface area contributed by atoms with E-state index in [1.54, 1.807) is 12.4 Å². The van der Waals surface area contributed by atoms with E-state index in [2.05, 4.69) is 25.2 Å². The fourth-order valence-corrected chi connectivity index (χ4v) is 2.69. The first-order valence-electron chi connectivity index (χ1n) is 6.81. The largest absolute Gasteiger partial charge is 0.349 e. The summed E-state index contributed by atoms with van der Waals surface area (Å²) >= 11 is 5.80. The third kappa shape index (κ3) is 2.53. The van der Waals surface area contributed by atoms with E-state index >= 15 is 0 Å². The third-order valence-corrected chi connectivity index (χ3v) is 4.07. The number of guanidine groups is 1. The molecule has 0 saturated carbocycles. The van der Waals surface area contributed by atoms with Crippen LogP contribution >= 0.6 is 11.6 Å². The smallest absolute Gasteiger partial charge is 0.254 e. The number of carbonyl (C=O) groups excluding carboxylic acids is 1. The van der Waals surface area contributed by atoms with Crippen molar-refractivity contribution in [2.45, 2.75) is 18.4 Å². The highest BCUT2D eigenvalue weighted by Crippen LogP contribution is 2.31.